The maximum Gasteiger partial charge on any atom is 0.251 e. The van der Waals surface area contributed by atoms with Gasteiger partial charge in [0.15, 0.2) is 0 Å². The first-order chi connectivity index (χ1) is 8.52. The highest BCUT2D eigenvalue weighted by molar-refractivity contribution is 5.80. The highest BCUT2D eigenvalue weighted by atomic mass is 16.5. The van der Waals surface area contributed by atoms with Crippen molar-refractivity contribution in [1.82, 2.24) is 4.90 Å². The standard InChI is InChI=1S/C13H26N2O3/c1-4-17-7-8-18-11(2)12(16)15-6-5-13(3,9-14)10-15/h11H,4-10,14H2,1-3H3. The van der Waals surface area contributed by atoms with E-state index < -0.39 is 6.10 Å². The minimum absolute atomic E-state index is 0.0590. The molecule has 1 heterocycles. The number of amides is 1. The molecule has 1 aliphatic rings. The van der Waals surface area contributed by atoms with Crippen LogP contribution in [0.15, 0.2) is 0 Å². The second-order valence-electron chi connectivity index (χ2n) is 5.23. The van der Waals surface area contributed by atoms with E-state index in [1.54, 1.807) is 6.92 Å². The number of hydrogen-bond acceptors (Lipinski definition) is 4. The molecule has 0 spiro atoms. The van der Waals surface area contributed by atoms with Gasteiger partial charge in [-0.3, -0.25) is 4.79 Å². The van der Waals surface area contributed by atoms with Crippen molar-refractivity contribution in [3.05, 3.63) is 0 Å². The zero-order valence-corrected chi connectivity index (χ0v) is 11.8. The molecule has 0 saturated carbocycles. The van der Waals surface area contributed by atoms with Crippen LogP contribution in [0.4, 0.5) is 0 Å². The Kier molecular flexibility index (Phi) is 6.05. The molecule has 18 heavy (non-hydrogen) atoms. The zero-order chi connectivity index (χ0) is 13.6. The summed E-state index contributed by atoms with van der Waals surface area (Å²) in [6.07, 6.45) is 0.576. The highest BCUT2D eigenvalue weighted by Gasteiger charge is 2.36. The average Bonchev–Trinajstić information content (AvgIpc) is 2.77. The van der Waals surface area contributed by atoms with Gasteiger partial charge in [0.05, 0.1) is 13.2 Å². The molecule has 106 valence electrons. The molecule has 0 aromatic heterocycles. The van der Waals surface area contributed by atoms with Gasteiger partial charge in [0, 0.05) is 19.7 Å². The van der Waals surface area contributed by atoms with Crippen LogP contribution >= 0.6 is 0 Å². The molecule has 0 aromatic carbocycles. The number of rotatable bonds is 7. The molecule has 0 aromatic rings. The number of carbonyl (C=O) groups is 1. The Morgan fingerprint density at radius 1 is 1.50 bits per heavy atom. The SMILES string of the molecule is CCOCCOC(C)C(=O)N1CCC(C)(CN)C1. The average molecular weight is 258 g/mol. The fourth-order valence-electron chi connectivity index (χ4n) is 2.14. The number of ether oxygens (including phenoxy) is 2. The Morgan fingerprint density at radius 2 is 2.22 bits per heavy atom. The largest absolute Gasteiger partial charge is 0.379 e. The molecule has 0 radical (unpaired) electrons. The van der Waals surface area contributed by atoms with Gasteiger partial charge in [-0.05, 0) is 32.2 Å². The Balaban J connectivity index is 2.31. The topological polar surface area (TPSA) is 64.8 Å². The zero-order valence-electron chi connectivity index (χ0n) is 11.8. The molecule has 1 aliphatic heterocycles. The van der Waals surface area contributed by atoms with Crippen molar-refractivity contribution in [2.75, 3.05) is 39.5 Å². The molecule has 1 fully saturated rings. The summed E-state index contributed by atoms with van der Waals surface area (Å²) in [5.41, 5.74) is 5.80. The molecule has 2 unspecified atom stereocenters. The lowest BCUT2D eigenvalue weighted by atomic mass is 9.90. The van der Waals surface area contributed by atoms with Crippen LogP contribution in [0.2, 0.25) is 0 Å². The quantitative estimate of drug-likeness (QED) is 0.680. The van der Waals surface area contributed by atoms with Crippen molar-refractivity contribution in [2.45, 2.75) is 33.3 Å². The van der Waals surface area contributed by atoms with Gasteiger partial charge in [-0.25, -0.2) is 0 Å². The first-order valence-corrected chi connectivity index (χ1v) is 6.70. The van der Waals surface area contributed by atoms with Gasteiger partial charge in [-0.1, -0.05) is 6.92 Å². The summed E-state index contributed by atoms with van der Waals surface area (Å²) >= 11 is 0. The van der Waals surface area contributed by atoms with Crippen molar-refractivity contribution < 1.29 is 14.3 Å². The van der Waals surface area contributed by atoms with Crippen molar-refractivity contribution in [3.63, 3.8) is 0 Å². The first-order valence-electron chi connectivity index (χ1n) is 6.70. The van der Waals surface area contributed by atoms with Crippen LogP contribution in [-0.4, -0.2) is 56.4 Å². The third-order valence-corrected chi connectivity index (χ3v) is 3.51. The molecule has 5 heteroatoms. The summed E-state index contributed by atoms with van der Waals surface area (Å²) < 4.78 is 10.6. The summed E-state index contributed by atoms with van der Waals surface area (Å²) in [6.45, 7) is 9.67. The van der Waals surface area contributed by atoms with E-state index in [2.05, 4.69) is 6.92 Å². The Morgan fingerprint density at radius 3 is 2.78 bits per heavy atom. The van der Waals surface area contributed by atoms with E-state index in [0.717, 1.165) is 19.5 Å². The molecule has 5 nitrogen and oxygen atoms in total. The molecular weight excluding hydrogens is 232 g/mol. The van der Waals surface area contributed by atoms with Gasteiger partial charge < -0.3 is 20.1 Å². The fraction of sp³-hybridized carbons (Fsp3) is 0.923. The monoisotopic (exact) mass is 258 g/mol. The van der Waals surface area contributed by atoms with Crippen molar-refractivity contribution in [2.24, 2.45) is 11.1 Å². The second kappa shape index (κ2) is 7.07. The predicted octanol–water partition coefficient (Wildman–Crippen LogP) is 0.625. The lowest BCUT2D eigenvalue weighted by Crippen LogP contribution is -2.40. The number of nitrogens with zero attached hydrogens (tertiary/aromatic N) is 1. The van der Waals surface area contributed by atoms with Crippen LogP contribution in [0.1, 0.15) is 27.2 Å². The molecule has 2 N–H and O–H groups in total. The van der Waals surface area contributed by atoms with Crippen LogP contribution in [0, 0.1) is 5.41 Å². The lowest BCUT2D eigenvalue weighted by Gasteiger charge is -2.24. The van der Waals surface area contributed by atoms with Crippen molar-refractivity contribution in [1.29, 1.82) is 0 Å². The maximum atomic E-state index is 12.1. The van der Waals surface area contributed by atoms with E-state index in [9.17, 15) is 4.79 Å². The maximum absolute atomic E-state index is 12.1. The molecule has 1 amide bonds. The number of hydrogen-bond donors (Lipinski definition) is 1. The normalized spacial score (nSPS) is 25.4. The third kappa shape index (κ3) is 4.23. The molecular formula is C13H26N2O3. The number of carbonyl (C=O) groups excluding carboxylic acids is 1. The van der Waals surface area contributed by atoms with Gasteiger partial charge in [0.2, 0.25) is 0 Å². The van der Waals surface area contributed by atoms with Gasteiger partial charge in [0.1, 0.15) is 6.10 Å². The first kappa shape index (κ1) is 15.4. The molecule has 0 bridgehead atoms. The Bertz CT molecular complexity index is 273. The smallest absolute Gasteiger partial charge is 0.251 e. The van der Waals surface area contributed by atoms with Crippen LogP contribution in [0.5, 0.6) is 0 Å². The van der Waals surface area contributed by atoms with Crippen molar-refractivity contribution >= 4 is 5.91 Å². The van der Waals surface area contributed by atoms with Gasteiger partial charge in [0.25, 0.3) is 5.91 Å². The second-order valence-corrected chi connectivity index (χ2v) is 5.23. The molecule has 1 rings (SSSR count). The van der Waals surface area contributed by atoms with E-state index in [1.807, 2.05) is 11.8 Å². The molecule has 2 atom stereocenters. The van der Waals surface area contributed by atoms with Crippen LogP contribution < -0.4 is 5.73 Å². The van der Waals surface area contributed by atoms with E-state index in [0.29, 0.717) is 26.4 Å². The summed E-state index contributed by atoms with van der Waals surface area (Å²) in [5, 5.41) is 0. The summed E-state index contributed by atoms with van der Waals surface area (Å²) in [5.74, 6) is 0.0590. The summed E-state index contributed by atoms with van der Waals surface area (Å²) in [6, 6.07) is 0. The van der Waals surface area contributed by atoms with Crippen LogP contribution in [-0.2, 0) is 14.3 Å². The Labute approximate surface area is 110 Å². The summed E-state index contributed by atoms with van der Waals surface area (Å²) in [7, 11) is 0. The van der Waals surface area contributed by atoms with E-state index in [4.69, 9.17) is 15.2 Å². The minimum Gasteiger partial charge on any atom is -0.379 e. The number of likely N-dealkylation sites (tertiary alicyclic amines) is 1. The minimum atomic E-state index is -0.398. The fourth-order valence-corrected chi connectivity index (χ4v) is 2.14. The van der Waals surface area contributed by atoms with Crippen molar-refractivity contribution in [3.8, 4) is 0 Å². The molecule has 1 saturated heterocycles. The van der Waals surface area contributed by atoms with Crippen LogP contribution in [0.3, 0.4) is 0 Å². The van der Waals surface area contributed by atoms with E-state index >= 15 is 0 Å². The highest BCUT2D eigenvalue weighted by Crippen LogP contribution is 2.28. The van der Waals surface area contributed by atoms with Crippen LogP contribution in [0.25, 0.3) is 0 Å². The van der Waals surface area contributed by atoms with E-state index in [-0.39, 0.29) is 11.3 Å². The lowest BCUT2D eigenvalue weighted by molar-refractivity contribution is -0.142. The van der Waals surface area contributed by atoms with Gasteiger partial charge >= 0.3 is 0 Å². The number of nitrogens with two attached hydrogens (primary N) is 1. The van der Waals surface area contributed by atoms with Gasteiger partial charge in [-0.2, -0.15) is 0 Å². The Hall–Kier alpha value is -0.650. The molecule has 0 aliphatic carbocycles. The third-order valence-electron chi connectivity index (χ3n) is 3.51. The van der Waals surface area contributed by atoms with Gasteiger partial charge in [-0.15, -0.1) is 0 Å². The summed E-state index contributed by atoms with van der Waals surface area (Å²) in [4.78, 5) is 14.0. The van der Waals surface area contributed by atoms with E-state index in [1.165, 1.54) is 0 Å². The predicted molar refractivity (Wildman–Crippen MR) is 70.3 cm³/mol.